The maximum Gasteiger partial charge on any atom is 0.322 e. The van der Waals surface area contributed by atoms with E-state index in [9.17, 15) is 27.6 Å². The number of fused-ring (bicyclic) bond motifs is 3. The topological polar surface area (TPSA) is 112 Å². The van der Waals surface area contributed by atoms with Crippen LogP contribution < -0.4 is 15.4 Å². The molecule has 0 unspecified atom stereocenters. The molecule has 264 valence electrons. The first-order valence-electron chi connectivity index (χ1n) is 16.2. The number of amides is 1. The first-order valence-corrected chi connectivity index (χ1v) is 17.4. The molecule has 5 heterocycles. The van der Waals surface area contributed by atoms with Gasteiger partial charge >= 0.3 is 11.9 Å². The van der Waals surface area contributed by atoms with Gasteiger partial charge in [-0.25, -0.2) is 13.2 Å². The highest BCUT2D eigenvalue weighted by atomic mass is 35.5. The van der Waals surface area contributed by atoms with E-state index >= 15 is 4.39 Å². The van der Waals surface area contributed by atoms with Crippen molar-refractivity contribution in [2.45, 2.75) is 69.2 Å². The van der Waals surface area contributed by atoms with E-state index in [4.69, 9.17) is 22.1 Å². The van der Waals surface area contributed by atoms with E-state index in [1.165, 1.54) is 12.1 Å². The Bertz CT molecular complexity index is 2090. The van der Waals surface area contributed by atoms with E-state index in [0.717, 1.165) is 35.3 Å². The molecule has 4 atom stereocenters. The van der Waals surface area contributed by atoms with Gasteiger partial charge in [0.15, 0.2) is 5.82 Å². The summed E-state index contributed by atoms with van der Waals surface area (Å²) < 4.78 is 80.8. The molecule has 0 aliphatic carbocycles. The number of nitrogens with two attached hydrogens (primary N) is 1. The minimum atomic E-state index is -3.56. The Morgan fingerprint density at radius 3 is 2.78 bits per heavy atom. The lowest BCUT2D eigenvalue weighted by Crippen LogP contribution is -2.48. The fourth-order valence-electron chi connectivity index (χ4n) is 8.03. The van der Waals surface area contributed by atoms with Crippen LogP contribution in [0.1, 0.15) is 45.1 Å². The average Bonchev–Trinajstić information content (AvgIpc) is 3.80. The first kappa shape index (κ1) is 34.4. The van der Waals surface area contributed by atoms with Crippen LogP contribution >= 0.6 is 22.9 Å². The van der Waals surface area contributed by atoms with Crippen LogP contribution in [0.2, 0.25) is 5.02 Å². The lowest BCUT2D eigenvalue weighted by atomic mass is 9.95. The van der Waals surface area contributed by atoms with Crippen LogP contribution in [0.15, 0.2) is 18.2 Å². The molecule has 0 radical (unpaired) electrons. The third-order valence-corrected chi connectivity index (χ3v) is 11.8. The number of rotatable bonds is 7. The molecule has 3 aliphatic rings. The number of ether oxygens (including phenoxy) is 1. The summed E-state index contributed by atoms with van der Waals surface area (Å²) in [5.74, 6) is -6.22. The third kappa shape index (κ3) is 5.47. The number of likely N-dealkylation sites (N-methyl/N-ethyl adjacent to an activating group) is 1. The molecule has 3 aliphatic heterocycles. The number of anilines is 2. The number of carbonyl (C=O) groups is 1. The van der Waals surface area contributed by atoms with Crippen molar-refractivity contribution in [3.63, 3.8) is 0 Å². The van der Waals surface area contributed by atoms with Crippen molar-refractivity contribution < 1.29 is 31.5 Å². The molecule has 0 bridgehead atoms. The van der Waals surface area contributed by atoms with Crippen molar-refractivity contribution in [3.05, 3.63) is 40.4 Å². The molecule has 4 aromatic rings. The fraction of sp³-hybridized carbons (Fsp3) is 0.471. The number of nitrogen functional groups attached to an aromatic ring is 1. The van der Waals surface area contributed by atoms with Crippen LogP contribution in [0.5, 0.6) is 6.01 Å². The highest BCUT2D eigenvalue weighted by molar-refractivity contribution is 7.23. The van der Waals surface area contributed by atoms with Gasteiger partial charge in [-0.15, -0.1) is 11.3 Å². The summed E-state index contributed by atoms with van der Waals surface area (Å²) in [5, 5.41) is 10.1. The predicted molar refractivity (Wildman–Crippen MR) is 182 cm³/mol. The average molecular weight is 734 g/mol. The van der Waals surface area contributed by atoms with Gasteiger partial charge in [0.1, 0.15) is 41.0 Å². The Morgan fingerprint density at radius 1 is 1.30 bits per heavy atom. The maximum absolute atomic E-state index is 17.0. The third-order valence-electron chi connectivity index (χ3n) is 10.5. The first-order chi connectivity index (χ1) is 23.6. The van der Waals surface area contributed by atoms with E-state index in [1.54, 1.807) is 18.9 Å². The monoisotopic (exact) mass is 733 g/mol. The zero-order valence-electron chi connectivity index (χ0n) is 27.4. The summed E-state index contributed by atoms with van der Waals surface area (Å²) in [6, 6.07) is 4.52. The lowest BCUT2D eigenvalue weighted by molar-refractivity contribution is -0.155. The number of thiophene rings is 1. The summed E-state index contributed by atoms with van der Waals surface area (Å²) in [7, 11) is 1.66. The van der Waals surface area contributed by atoms with Crippen LogP contribution in [0.25, 0.3) is 32.1 Å². The van der Waals surface area contributed by atoms with Gasteiger partial charge in [0.2, 0.25) is 0 Å². The molecular formula is C34H33ClF5N7O2S. The molecule has 2 aromatic heterocycles. The van der Waals surface area contributed by atoms with Crippen molar-refractivity contribution in [1.82, 2.24) is 19.8 Å². The molecule has 3 fully saturated rings. The second kappa shape index (κ2) is 12.3. The predicted octanol–water partition coefficient (Wildman–Crippen LogP) is 6.93. The fourth-order valence-corrected chi connectivity index (χ4v) is 9.28. The van der Waals surface area contributed by atoms with E-state index in [0.29, 0.717) is 26.3 Å². The van der Waals surface area contributed by atoms with Crippen LogP contribution in [-0.2, 0) is 4.79 Å². The Hall–Kier alpha value is -4.00. The normalized spacial score (nSPS) is 23.9. The van der Waals surface area contributed by atoms with Gasteiger partial charge < -0.3 is 20.3 Å². The van der Waals surface area contributed by atoms with Crippen LogP contribution in [0, 0.1) is 23.0 Å². The molecule has 3 saturated heterocycles. The van der Waals surface area contributed by atoms with Gasteiger partial charge in [-0.2, -0.15) is 24.0 Å². The summed E-state index contributed by atoms with van der Waals surface area (Å²) in [6.07, 6.45) is 1.16. The van der Waals surface area contributed by atoms with Gasteiger partial charge in [0, 0.05) is 55.9 Å². The molecule has 16 heteroatoms. The van der Waals surface area contributed by atoms with Crippen molar-refractivity contribution in [1.29, 1.82) is 5.26 Å². The molecule has 1 amide bonds. The number of carbonyl (C=O) groups excluding carboxylic acids is 1. The molecule has 2 aromatic carbocycles. The second-order valence-electron chi connectivity index (χ2n) is 13.5. The molecule has 0 spiro atoms. The number of nitrogens with zero attached hydrogens (tertiary/aromatic N) is 6. The Morgan fingerprint density at radius 2 is 2.06 bits per heavy atom. The zero-order valence-corrected chi connectivity index (χ0v) is 28.9. The number of benzene rings is 2. The minimum Gasteiger partial charge on any atom is -0.461 e. The molecule has 0 saturated carbocycles. The molecule has 7 rings (SSSR count). The van der Waals surface area contributed by atoms with Crippen molar-refractivity contribution in [2.24, 2.45) is 0 Å². The number of halogens is 6. The van der Waals surface area contributed by atoms with E-state index in [-0.39, 0.29) is 79.1 Å². The number of hydrogen-bond donors (Lipinski definition) is 1. The van der Waals surface area contributed by atoms with Gasteiger partial charge in [-0.3, -0.25) is 9.69 Å². The van der Waals surface area contributed by atoms with Crippen molar-refractivity contribution in [3.8, 4) is 23.2 Å². The molecule has 50 heavy (non-hydrogen) atoms. The standard InChI is InChI=1S/C34H33ClF5N7O2S/c1-16-23(7-10-47(16)31(48)33(2,39)40)45(3)30-19-11-21(35)25(18-5-6-22(37)28-24(18)20(13-41)29(42)50-28)26(38)27(19)43-32(44-30)49-15-34-8-4-9-46(34)14-17(36)12-34/h5-6,11,16-17,23H,4,7-10,12,14-15,42H2,1-3H3/t16-,17-,23-,34+/m1/s1. The largest absolute Gasteiger partial charge is 0.461 e. The minimum absolute atomic E-state index is 0.0164. The number of likely N-dealkylation sites (tertiary alicyclic amines) is 1. The number of aromatic nitrogens is 2. The quantitative estimate of drug-likeness (QED) is 0.204. The van der Waals surface area contributed by atoms with Crippen molar-refractivity contribution in [2.75, 3.05) is 43.9 Å². The number of hydrogen-bond acceptors (Lipinski definition) is 9. The maximum atomic E-state index is 17.0. The van der Waals surface area contributed by atoms with Gasteiger partial charge in [0.05, 0.1) is 26.9 Å². The molecular weight excluding hydrogens is 701 g/mol. The highest BCUT2D eigenvalue weighted by Crippen LogP contribution is 2.46. The van der Waals surface area contributed by atoms with Gasteiger partial charge in [0.25, 0.3) is 5.91 Å². The molecule has 9 nitrogen and oxygen atoms in total. The highest BCUT2D eigenvalue weighted by Gasteiger charge is 2.50. The van der Waals surface area contributed by atoms with Crippen molar-refractivity contribution >= 4 is 60.7 Å². The lowest BCUT2D eigenvalue weighted by Gasteiger charge is -2.33. The Kier molecular flexibility index (Phi) is 8.51. The second-order valence-corrected chi connectivity index (χ2v) is 14.9. The van der Waals surface area contributed by atoms with Crippen LogP contribution in [-0.4, -0.2) is 88.7 Å². The number of alkyl halides is 3. The zero-order chi connectivity index (χ0) is 35.9. The van der Waals surface area contributed by atoms with Gasteiger partial charge in [-0.1, -0.05) is 17.7 Å². The van der Waals surface area contributed by atoms with Crippen LogP contribution in [0.4, 0.5) is 32.8 Å². The summed E-state index contributed by atoms with van der Waals surface area (Å²) >= 11 is 7.66. The van der Waals surface area contributed by atoms with E-state index in [2.05, 4.69) is 14.9 Å². The summed E-state index contributed by atoms with van der Waals surface area (Å²) in [4.78, 5) is 26.5. The Balaban J connectivity index is 1.37. The van der Waals surface area contributed by atoms with Crippen LogP contribution in [0.3, 0.4) is 0 Å². The smallest absolute Gasteiger partial charge is 0.322 e. The number of nitriles is 1. The summed E-state index contributed by atoms with van der Waals surface area (Å²) in [5.41, 5.74) is 5.24. The van der Waals surface area contributed by atoms with E-state index < -0.39 is 47.3 Å². The van der Waals surface area contributed by atoms with E-state index in [1.807, 2.05) is 6.07 Å². The Labute approximate surface area is 293 Å². The van der Waals surface area contributed by atoms with Gasteiger partial charge in [-0.05, 0) is 50.4 Å². The summed E-state index contributed by atoms with van der Waals surface area (Å²) in [6.45, 7) is 3.35. The molecule has 2 N–H and O–H groups in total. The SMILES string of the molecule is C[C@@H]1[C@H](N(C)c2nc(OC[C@@]34CCCN3C[C@H](F)C4)nc3c(F)c(-c4ccc(F)c5sc(N)c(C#N)c45)c(Cl)cc23)CCN1C(=O)C(C)(F)F.